The topological polar surface area (TPSA) is 88.1 Å². The number of aromatic nitrogens is 4. The van der Waals surface area contributed by atoms with Crippen molar-refractivity contribution in [1.29, 1.82) is 0 Å². The minimum absolute atomic E-state index is 0.256. The highest BCUT2D eigenvalue weighted by Crippen LogP contribution is 2.40. The van der Waals surface area contributed by atoms with Crippen LogP contribution in [0.1, 0.15) is 32.0 Å². The molecule has 1 amide bonds. The Kier molecular flexibility index (Phi) is 5.67. The number of H-pyrrole nitrogens is 1. The summed E-state index contributed by atoms with van der Waals surface area (Å²) in [7, 11) is 0. The standard InChI is InChI=1S/C25H26ClFN6O2/c1-14-12-29-22-20(14)16(7-8-28-22)21-19-13-32(24(34)35-25(2,3)4)9-10-33(19)31-23(21)30-18-6-5-15(26)11-17(18)27/h5-8,11-12H,9-10,13H2,1-4H3,(H,28,29)(H,30,31). The number of nitrogens with zero attached hydrogens (tertiary/aromatic N) is 4. The molecule has 3 aromatic heterocycles. The van der Waals surface area contributed by atoms with Crippen molar-refractivity contribution in [2.75, 3.05) is 11.9 Å². The predicted octanol–water partition coefficient (Wildman–Crippen LogP) is 6.02. The first kappa shape index (κ1) is 23.2. The van der Waals surface area contributed by atoms with Crippen LogP contribution in [0.3, 0.4) is 0 Å². The van der Waals surface area contributed by atoms with E-state index in [0.29, 0.717) is 30.5 Å². The molecular formula is C25H26ClFN6O2. The minimum Gasteiger partial charge on any atom is -0.444 e. The largest absolute Gasteiger partial charge is 0.444 e. The number of rotatable bonds is 3. The molecule has 0 aliphatic carbocycles. The Morgan fingerprint density at radius 3 is 2.80 bits per heavy atom. The van der Waals surface area contributed by atoms with E-state index in [4.69, 9.17) is 21.4 Å². The average molecular weight is 497 g/mol. The second kappa shape index (κ2) is 8.57. The van der Waals surface area contributed by atoms with Crippen molar-refractivity contribution < 1.29 is 13.9 Å². The summed E-state index contributed by atoms with van der Waals surface area (Å²) in [5, 5.41) is 9.17. The fourth-order valence-electron chi connectivity index (χ4n) is 4.32. The lowest BCUT2D eigenvalue weighted by atomic mass is 10.00. The first-order valence-corrected chi connectivity index (χ1v) is 11.7. The smallest absolute Gasteiger partial charge is 0.410 e. The molecule has 0 fully saturated rings. The number of carbonyl (C=O) groups is 1. The summed E-state index contributed by atoms with van der Waals surface area (Å²) < 4.78 is 22.2. The molecule has 4 heterocycles. The molecular weight excluding hydrogens is 471 g/mol. The minimum atomic E-state index is -0.601. The number of nitrogens with one attached hydrogen (secondary N) is 2. The first-order chi connectivity index (χ1) is 16.6. The van der Waals surface area contributed by atoms with E-state index in [1.165, 1.54) is 6.07 Å². The Morgan fingerprint density at radius 1 is 1.26 bits per heavy atom. The van der Waals surface area contributed by atoms with Crippen molar-refractivity contribution in [3.8, 4) is 11.1 Å². The molecule has 10 heteroatoms. The van der Waals surface area contributed by atoms with Gasteiger partial charge in [0.1, 0.15) is 17.1 Å². The van der Waals surface area contributed by atoms with Crippen molar-refractivity contribution in [2.45, 2.75) is 46.4 Å². The van der Waals surface area contributed by atoms with Crippen LogP contribution in [-0.2, 0) is 17.8 Å². The molecule has 0 bridgehead atoms. The number of carbonyl (C=O) groups excluding carboxylic acids is 1. The van der Waals surface area contributed by atoms with Crippen LogP contribution in [0.15, 0.2) is 36.7 Å². The van der Waals surface area contributed by atoms with E-state index in [2.05, 4.69) is 15.3 Å². The Labute approximate surface area is 207 Å². The summed E-state index contributed by atoms with van der Waals surface area (Å²) >= 11 is 5.94. The lowest BCUT2D eigenvalue weighted by molar-refractivity contribution is 0.0195. The molecule has 0 saturated carbocycles. The SMILES string of the molecule is Cc1c[nH]c2nccc(-c3c(Nc4ccc(Cl)cc4F)nn4c3CN(C(=O)OC(C)(C)C)CC4)c12. The zero-order valence-corrected chi connectivity index (χ0v) is 20.7. The highest BCUT2D eigenvalue weighted by atomic mass is 35.5. The van der Waals surface area contributed by atoms with Crippen molar-refractivity contribution in [2.24, 2.45) is 0 Å². The van der Waals surface area contributed by atoms with Gasteiger partial charge in [-0.3, -0.25) is 4.68 Å². The van der Waals surface area contributed by atoms with Crippen molar-refractivity contribution in [1.82, 2.24) is 24.6 Å². The van der Waals surface area contributed by atoms with Crippen molar-refractivity contribution in [3.05, 3.63) is 58.8 Å². The van der Waals surface area contributed by atoms with Crippen LogP contribution in [0.4, 0.5) is 20.7 Å². The number of ether oxygens (including phenoxy) is 1. The summed E-state index contributed by atoms with van der Waals surface area (Å²) in [4.78, 5) is 22.2. The molecule has 2 N–H and O–H groups in total. The molecule has 182 valence electrons. The molecule has 0 unspecified atom stereocenters. The molecule has 1 aliphatic heterocycles. The van der Waals surface area contributed by atoms with Gasteiger partial charge in [0.15, 0.2) is 5.82 Å². The number of halogens is 2. The average Bonchev–Trinajstić information content (AvgIpc) is 3.34. The monoisotopic (exact) mass is 496 g/mol. The third kappa shape index (κ3) is 4.43. The second-order valence-electron chi connectivity index (χ2n) is 9.60. The number of benzene rings is 1. The van der Waals surface area contributed by atoms with Crippen LogP contribution in [0, 0.1) is 12.7 Å². The molecule has 35 heavy (non-hydrogen) atoms. The van der Waals surface area contributed by atoms with E-state index in [9.17, 15) is 9.18 Å². The molecule has 5 rings (SSSR count). The van der Waals surface area contributed by atoms with Crippen LogP contribution in [0.5, 0.6) is 0 Å². The van der Waals surface area contributed by atoms with Gasteiger partial charge >= 0.3 is 6.09 Å². The van der Waals surface area contributed by atoms with Crippen LogP contribution in [0.25, 0.3) is 22.2 Å². The van der Waals surface area contributed by atoms with Gasteiger partial charge in [0.2, 0.25) is 0 Å². The number of aromatic amines is 1. The summed E-state index contributed by atoms with van der Waals surface area (Å²) in [5.74, 6) is 0.00265. The third-order valence-corrected chi connectivity index (χ3v) is 6.09. The Balaban J connectivity index is 1.64. The normalized spacial score (nSPS) is 13.7. The predicted molar refractivity (Wildman–Crippen MR) is 133 cm³/mol. The van der Waals surface area contributed by atoms with Gasteiger partial charge < -0.3 is 19.9 Å². The lowest BCUT2D eigenvalue weighted by Crippen LogP contribution is -2.41. The third-order valence-electron chi connectivity index (χ3n) is 5.86. The van der Waals surface area contributed by atoms with Gasteiger partial charge in [-0.25, -0.2) is 14.2 Å². The van der Waals surface area contributed by atoms with Gasteiger partial charge in [0, 0.05) is 34.9 Å². The molecule has 0 spiro atoms. The number of anilines is 2. The number of fused-ring (bicyclic) bond motifs is 2. The van der Waals surface area contributed by atoms with Crippen LogP contribution in [0.2, 0.25) is 5.02 Å². The van der Waals surface area contributed by atoms with Crippen LogP contribution >= 0.6 is 11.6 Å². The Morgan fingerprint density at radius 2 is 2.06 bits per heavy atom. The summed E-state index contributed by atoms with van der Waals surface area (Å²) in [6.45, 7) is 8.76. The fraction of sp³-hybridized carbons (Fsp3) is 0.320. The maximum Gasteiger partial charge on any atom is 0.410 e. The highest BCUT2D eigenvalue weighted by Gasteiger charge is 2.31. The number of amides is 1. The van der Waals surface area contributed by atoms with Gasteiger partial charge in [0.05, 0.1) is 30.0 Å². The van der Waals surface area contributed by atoms with E-state index < -0.39 is 11.4 Å². The van der Waals surface area contributed by atoms with E-state index in [1.807, 2.05) is 44.6 Å². The van der Waals surface area contributed by atoms with Gasteiger partial charge in [-0.15, -0.1) is 0 Å². The van der Waals surface area contributed by atoms with E-state index >= 15 is 0 Å². The van der Waals surface area contributed by atoms with E-state index in [1.54, 1.807) is 23.2 Å². The zero-order valence-electron chi connectivity index (χ0n) is 19.9. The number of pyridine rings is 1. The summed E-state index contributed by atoms with van der Waals surface area (Å²) in [6, 6.07) is 6.37. The molecule has 1 aliphatic rings. The molecule has 0 atom stereocenters. The van der Waals surface area contributed by atoms with Crippen LogP contribution in [-0.4, -0.2) is 42.9 Å². The highest BCUT2D eigenvalue weighted by molar-refractivity contribution is 6.30. The Bertz CT molecular complexity index is 1440. The molecule has 0 radical (unpaired) electrons. The van der Waals surface area contributed by atoms with Crippen LogP contribution < -0.4 is 5.32 Å². The Hall–Kier alpha value is -3.59. The lowest BCUT2D eigenvalue weighted by Gasteiger charge is -2.30. The number of hydrogen-bond acceptors (Lipinski definition) is 5. The summed E-state index contributed by atoms with van der Waals surface area (Å²) in [6.07, 6.45) is 3.24. The molecule has 8 nitrogen and oxygen atoms in total. The van der Waals surface area contributed by atoms with E-state index in [-0.39, 0.29) is 11.8 Å². The van der Waals surface area contributed by atoms with Gasteiger partial charge in [-0.2, -0.15) is 5.10 Å². The van der Waals surface area contributed by atoms with Gasteiger partial charge in [-0.1, -0.05) is 11.6 Å². The van der Waals surface area contributed by atoms with Gasteiger partial charge in [-0.05, 0) is 57.5 Å². The quantitative estimate of drug-likeness (QED) is 0.362. The first-order valence-electron chi connectivity index (χ1n) is 11.3. The number of aryl methyl sites for hydroxylation is 1. The summed E-state index contributed by atoms with van der Waals surface area (Å²) in [5.41, 5.74) is 3.91. The second-order valence-corrected chi connectivity index (χ2v) is 10.0. The van der Waals surface area contributed by atoms with Crippen molar-refractivity contribution in [3.63, 3.8) is 0 Å². The fourth-order valence-corrected chi connectivity index (χ4v) is 4.48. The van der Waals surface area contributed by atoms with E-state index in [0.717, 1.165) is 33.4 Å². The van der Waals surface area contributed by atoms with Gasteiger partial charge in [0.25, 0.3) is 0 Å². The zero-order chi connectivity index (χ0) is 24.9. The maximum atomic E-state index is 14.7. The molecule has 4 aromatic rings. The van der Waals surface area contributed by atoms with Crippen molar-refractivity contribution >= 4 is 40.2 Å². The molecule has 0 saturated heterocycles. The number of hydrogen-bond donors (Lipinski definition) is 2. The molecule has 1 aromatic carbocycles. The maximum absolute atomic E-state index is 14.7.